The summed E-state index contributed by atoms with van der Waals surface area (Å²) in [5.74, 6) is -8.18. The van der Waals surface area contributed by atoms with Crippen molar-refractivity contribution in [2.24, 2.45) is 0 Å². The number of pyridine rings is 1. The lowest BCUT2D eigenvalue weighted by molar-refractivity contribution is -0.140. The zero-order valence-electron chi connectivity index (χ0n) is 45.4. The van der Waals surface area contributed by atoms with Crippen molar-refractivity contribution < 1.29 is 84.9 Å². The van der Waals surface area contributed by atoms with Gasteiger partial charge >= 0.3 is 23.9 Å². The van der Waals surface area contributed by atoms with E-state index in [0.717, 1.165) is 37.1 Å². The van der Waals surface area contributed by atoms with Crippen LogP contribution in [0.4, 0.5) is 0 Å². The normalized spacial score (nSPS) is 16.2. The Morgan fingerprint density at radius 2 is 1.16 bits per heavy atom. The number of hydrogen-bond acceptors (Lipinski definition) is 18. The van der Waals surface area contributed by atoms with Crippen LogP contribution in [0.15, 0.2) is 29.2 Å². The lowest BCUT2D eigenvalue weighted by Crippen LogP contribution is -2.52. The number of carboxylic acid groups (broad SMARTS) is 4. The number of carbonyl (C=O) groups is 8. The fourth-order valence-electron chi connectivity index (χ4n) is 9.34. The Morgan fingerprint density at radius 1 is 0.637 bits per heavy atom. The Hall–Kier alpha value is -6.21. The maximum Gasteiger partial charge on any atom is 0.323 e. The van der Waals surface area contributed by atoms with Crippen molar-refractivity contribution in [2.75, 3.05) is 104 Å². The molecule has 1 fully saturated rings. The first-order chi connectivity index (χ1) is 37.8. The van der Waals surface area contributed by atoms with Crippen LogP contribution in [0.25, 0.3) is 0 Å². The highest BCUT2D eigenvalue weighted by Crippen LogP contribution is 2.26. The fraction of sp³-hybridized carbons (Fsp3) is 0.627. The lowest BCUT2D eigenvalue weighted by Gasteiger charge is -2.33. The molecule has 0 radical (unpaired) electrons. The van der Waals surface area contributed by atoms with Crippen LogP contribution in [-0.2, 0) is 77.8 Å². The van der Waals surface area contributed by atoms with Gasteiger partial charge in [-0.1, -0.05) is 6.07 Å². The number of carbonyl (C=O) groups excluding carboxylic acids is 4. The van der Waals surface area contributed by atoms with Crippen LogP contribution in [0.2, 0.25) is 0 Å². The summed E-state index contributed by atoms with van der Waals surface area (Å²) in [6.45, 7) is 1.84. The number of aromatic nitrogens is 1. The standard InChI is InChI=1S/C51H77N9O18S2/c1-35-27-39(28-36(2)50(35)80(76,77)56-41(51(71)72)29-53-45(63)13-6-4-10-38-16-15-37-9-3-5-11-40(37)54-38)78-26-8-14-44(62)52-17-7-12-43(61)42(34-79(73,74)75)55-46(64)30-57-18-20-58(31-47(65)66)22-24-60(33-49(69)70)25-23-59(21-19-57)32-48(67)68/h15-16,27-28,41-42,56H,3-14,17-26,29-34H2,1-2H3,(H,52,62)(H,53,63)(H,55,64)(H,65,66)(H,67,68)(H,69,70)(H,71,72)(H,73,74,75)/t41?,42-/m0/s1. The molecule has 2 aliphatic rings. The van der Waals surface area contributed by atoms with Gasteiger partial charge in [0.05, 0.1) is 37.7 Å². The Kier molecular flexibility index (Phi) is 27.3. The van der Waals surface area contributed by atoms with Gasteiger partial charge in [0.1, 0.15) is 23.6 Å². The minimum Gasteiger partial charge on any atom is -0.494 e. The highest BCUT2D eigenvalue weighted by atomic mass is 32.2. The van der Waals surface area contributed by atoms with Gasteiger partial charge in [0.15, 0.2) is 5.78 Å². The number of sulfonamides is 1. The average molecular weight is 1170 g/mol. The molecule has 0 bridgehead atoms. The molecule has 3 amide bonds. The van der Waals surface area contributed by atoms with Crippen LogP contribution >= 0.6 is 0 Å². The van der Waals surface area contributed by atoms with Gasteiger partial charge in [-0.25, -0.2) is 8.42 Å². The number of benzene rings is 1. The first-order valence-corrected chi connectivity index (χ1v) is 29.7. The number of hydrogen-bond donors (Lipinski definition) is 9. The van der Waals surface area contributed by atoms with Gasteiger partial charge in [0.25, 0.3) is 10.1 Å². The maximum atomic E-state index is 13.5. The first-order valence-electron chi connectivity index (χ1n) is 26.6. The first kappa shape index (κ1) is 66.3. The minimum atomic E-state index is -4.79. The second-order valence-electron chi connectivity index (χ2n) is 20.1. The summed E-state index contributed by atoms with van der Waals surface area (Å²) in [5.41, 5.74) is 3.88. The van der Waals surface area contributed by atoms with Crippen molar-refractivity contribution >= 4 is 67.5 Å². The van der Waals surface area contributed by atoms with Crippen LogP contribution in [-0.4, -0.2) is 230 Å². The third-order valence-electron chi connectivity index (χ3n) is 13.3. The number of carboxylic acids is 4. The van der Waals surface area contributed by atoms with Gasteiger partial charge in [-0.05, 0) is 107 Å². The van der Waals surface area contributed by atoms with Crippen LogP contribution in [0.5, 0.6) is 5.75 Å². The van der Waals surface area contributed by atoms with Gasteiger partial charge in [-0.2, -0.15) is 13.1 Å². The minimum absolute atomic E-state index is 0.0210. The molecule has 2 aromatic rings. The van der Waals surface area contributed by atoms with E-state index in [2.05, 4.69) is 26.7 Å². The molecular formula is C51H77N9O18S2. The number of nitrogens with one attached hydrogen (secondary N) is 4. The molecule has 1 aliphatic heterocycles. The van der Waals surface area contributed by atoms with Gasteiger partial charge in [-0.15, -0.1) is 0 Å². The van der Waals surface area contributed by atoms with E-state index < -0.39 is 112 Å². The molecule has 1 saturated heterocycles. The van der Waals surface area contributed by atoms with Crippen molar-refractivity contribution in [1.82, 2.24) is 45.3 Å². The fourth-order valence-corrected chi connectivity index (χ4v) is 11.7. The van der Waals surface area contributed by atoms with Gasteiger partial charge in [-0.3, -0.25) is 67.5 Å². The maximum absolute atomic E-state index is 13.5. The molecule has 1 aliphatic carbocycles. The van der Waals surface area contributed by atoms with Gasteiger partial charge in [0, 0.05) is 96.1 Å². The van der Waals surface area contributed by atoms with E-state index >= 15 is 0 Å². The predicted octanol–water partition coefficient (Wildman–Crippen LogP) is -0.690. The van der Waals surface area contributed by atoms with Crippen LogP contribution < -0.4 is 25.4 Å². The Morgan fingerprint density at radius 3 is 1.70 bits per heavy atom. The Bertz CT molecular complexity index is 2660. The Labute approximate surface area is 466 Å². The highest BCUT2D eigenvalue weighted by molar-refractivity contribution is 7.89. The second-order valence-corrected chi connectivity index (χ2v) is 23.2. The summed E-state index contributed by atoms with van der Waals surface area (Å²) in [6.07, 6.45) is 6.24. The lowest BCUT2D eigenvalue weighted by atomic mass is 9.95. The molecule has 446 valence electrons. The van der Waals surface area contributed by atoms with Crippen molar-refractivity contribution in [1.29, 1.82) is 0 Å². The molecule has 80 heavy (non-hydrogen) atoms. The number of rotatable bonds is 32. The van der Waals surface area contributed by atoms with E-state index in [1.54, 1.807) is 19.6 Å². The molecule has 2 heterocycles. The SMILES string of the molecule is Cc1cc(OCCCC(=O)NCCCC(=O)[C@H](CS(=O)(=O)O)NC(=O)CN2CCN(CC(=O)O)CCN(CC(=O)O)CCN(CC(=O)O)CC2)cc(C)c1S(=O)(=O)NC(CNC(=O)CCCCc1ccc2c(n1)CCCC2)C(=O)O. The number of aliphatic carboxylic acids is 4. The van der Waals surface area contributed by atoms with E-state index in [1.165, 1.54) is 31.5 Å². The molecule has 0 spiro atoms. The molecule has 1 aromatic carbocycles. The Balaban J connectivity index is 1.20. The van der Waals surface area contributed by atoms with E-state index in [0.29, 0.717) is 19.3 Å². The number of nitrogens with zero attached hydrogens (tertiary/aromatic N) is 5. The van der Waals surface area contributed by atoms with Crippen molar-refractivity contribution in [3.8, 4) is 5.75 Å². The highest BCUT2D eigenvalue weighted by Gasteiger charge is 2.30. The van der Waals surface area contributed by atoms with E-state index in [1.807, 2.05) is 6.07 Å². The summed E-state index contributed by atoms with van der Waals surface area (Å²) in [6, 6.07) is 3.69. The molecule has 0 saturated carbocycles. The van der Waals surface area contributed by atoms with Crippen LogP contribution in [0, 0.1) is 13.8 Å². The van der Waals surface area contributed by atoms with E-state index in [4.69, 9.17) is 9.72 Å². The summed E-state index contributed by atoms with van der Waals surface area (Å²) >= 11 is 0. The zero-order valence-corrected chi connectivity index (χ0v) is 47.0. The smallest absolute Gasteiger partial charge is 0.323 e. The molecule has 29 heteroatoms. The number of ketones is 1. The third-order valence-corrected chi connectivity index (χ3v) is 15.9. The zero-order chi connectivity index (χ0) is 59.0. The summed E-state index contributed by atoms with van der Waals surface area (Å²) in [5, 5.41) is 45.7. The topological polar surface area (TPSA) is 389 Å². The average Bonchev–Trinajstić information content (AvgIpc) is 3.36. The molecule has 4 rings (SSSR count). The number of unbranched alkanes of at least 4 members (excludes halogenated alkanes) is 1. The monoisotopic (exact) mass is 1170 g/mol. The third kappa shape index (κ3) is 25.1. The van der Waals surface area contributed by atoms with Crippen molar-refractivity contribution in [2.45, 2.75) is 108 Å². The number of aryl methyl sites for hydroxylation is 5. The molecule has 2 atom stereocenters. The number of Topliss-reactive ketones (excluding diaryl/α,β-unsaturated/α-hetero) is 1. The number of ether oxygens (including phenoxy) is 1. The molecular weight excluding hydrogens is 1090 g/mol. The van der Waals surface area contributed by atoms with Gasteiger partial charge in [0.2, 0.25) is 27.7 Å². The predicted molar refractivity (Wildman–Crippen MR) is 288 cm³/mol. The second kappa shape index (κ2) is 32.9. The van der Waals surface area contributed by atoms with Crippen molar-refractivity contribution in [3.05, 3.63) is 52.3 Å². The number of fused-ring (bicyclic) bond motifs is 1. The summed E-state index contributed by atoms with van der Waals surface area (Å²) in [4.78, 5) is 110. The quantitative estimate of drug-likeness (QED) is 0.0323. The van der Waals surface area contributed by atoms with Crippen LogP contribution in [0.3, 0.4) is 0 Å². The van der Waals surface area contributed by atoms with E-state index in [-0.39, 0.29) is 126 Å². The summed E-state index contributed by atoms with van der Waals surface area (Å²) in [7, 11) is -9.20. The van der Waals surface area contributed by atoms with Crippen LogP contribution in [0.1, 0.15) is 85.9 Å². The van der Waals surface area contributed by atoms with E-state index in [9.17, 15) is 80.2 Å². The molecule has 1 aromatic heterocycles. The van der Waals surface area contributed by atoms with Crippen molar-refractivity contribution in [3.63, 3.8) is 0 Å². The molecule has 9 N–H and O–H groups in total. The summed E-state index contributed by atoms with van der Waals surface area (Å²) < 4.78 is 68.5. The van der Waals surface area contributed by atoms with Gasteiger partial charge < -0.3 is 41.1 Å². The number of amides is 3. The largest absolute Gasteiger partial charge is 0.494 e. The molecule has 1 unspecified atom stereocenters. The molecule has 27 nitrogen and oxygen atoms in total.